The molecular formula is C19H15NO4S. The van der Waals surface area contributed by atoms with Gasteiger partial charge in [-0.05, 0) is 29.8 Å². The van der Waals surface area contributed by atoms with Crippen molar-refractivity contribution >= 4 is 15.7 Å². The van der Waals surface area contributed by atoms with Gasteiger partial charge < -0.3 is 10.2 Å². The Morgan fingerprint density at radius 2 is 1.44 bits per heavy atom. The van der Waals surface area contributed by atoms with Crippen LogP contribution < -0.4 is 4.31 Å². The zero-order valence-corrected chi connectivity index (χ0v) is 13.9. The average molecular weight is 353 g/mol. The van der Waals surface area contributed by atoms with Crippen LogP contribution in [0.15, 0.2) is 71.6 Å². The molecule has 5 nitrogen and oxygen atoms in total. The van der Waals surface area contributed by atoms with Gasteiger partial charge in [-0.15, -0.1) is 0 Å². The maximum absolute atomic E-state index is 13.2. The number of aromatic hydroxyl groups is 2. The summed E-state index contributed by atoms with van der Waals surface area (Å²) in [5, 5.41) is 19.6. The van der Waals surface area contributed by atoms with Gasteiger partial charge in [0, 0.05) is 23.3 Å². The maximum atomic E-state index is 13.2. The van der Waals surface area contributed by atoms with E-state index in [1.165, 1.54) is 28.6 Å². The number of rotatable bonds is 2. The fraction of sp³-hybridized carbons (Fsp3) is 0.0526. The molecule has 0 aliphatic carbocycles. The van der Waals surface area contributed by atoms with Gasteiger partial charge in [-0.3, -0.25) is 4.31 Å². The number of phenols is 2. The predicted octanol–water partition coefficient (Wildman–Crippen LogP) is 3.47. The van der Waals surface area contributed by atoms with E-state index in [4.69, 9.17) is 0 Å². The fourth-order valence-electron chi connectivity index (χ4n) is 3.07. The minimum absolute atomic E-state index is 0.00533. The normalized spacial score (nSPS) is 14.6. The summed E-state index contributed by atoms with van der Waals surface area (Å²) in [6.07, 6.45) is 0. The van der Waals surface area contributed by atoms with Gasteiger partial charge in [0.05, 0.1) is 17.1 Å². The van der Waals surface area contributed by atoms with Crippen molar-refractivity contribution in [3.63, 3.8) is 0 Å². The highest BCUT2D eigenvalue weighted by atomic mass is 32.2. The van der Waals surface area contributed by atoms with Crippen LogP contribution in [0.3, 0.4) is 0 Å². The summed E-state index contributed by atoms with van der Waals surface area (Å²) in [7, 11) is -3.87. The Hall–Kier alpha value is -2.99. The molecule has 0 atom stereocenters. The Balaban J connectivity index is 1.97. The van der Waals surface area contributed by atoms with Gasteiger partial charge in [0.15, 0.2) is 0 Å². The van der Waals surface area contributed by atoms with Crippen LogP contribution in [0.1, 0.15) is 5.56 Å². The first kappa shape index (κ1) is 15.5. The lowest BCUT2D eigenvalue weighted by Gasteiger charge is -2.32. The summed E-state index contributed by atoms with van der Waals surface area (Å²) < 4.78 is 27.6. The van der Waals surface area contributed by atoms with E-state index in [2.05, 4.69) is 0 Å². The molecule has 0 amide bonds. The minimum atomic E-state index is -3.87. The molecule has 4 rings (SSSR count). The standard InChI is InChI=1S/C19H15NO4S/c21-14-6-8-16-17-9-7-15(22)11-19(17)25(23,24)20(18(16)10-14)12-13-4-2-1-3-5-13/h1-11,21-22H,12H2. The van der Waals surface area contributed by atoms with E-state index in [-0.39, 0.29) is 22.9 Å². The summed E-state index contributed by atoms with van der Waals surface area (Å²) in [4.78, 5) is 0.0571. The largest absolute Gasteiger partial charge is 0.508 e. The molecule has 25 heavy (non-hydrogen) atoms. The van der Waals surface area contributed by atoms with Crippen molar-refractivity contribution in [2.24, 2.45) is 0 Å². The number of hydrogen-bond donors (Lipinski definition) is 2. The zero-order valence-electron chi connectivity index (χ0n) is 13.1. The molecule has 2 N–H and O–H groups in total. The van der Waals surface area contributed by atoms with Gasteiger partial charge in [-0.1, -0.05) is 30.3 Å². The van der Waals surface area contributed by atoms with E-state index in [1.54, 1.807) is 12.1 Å². The van der Waals surface area contributed by atoms with Crippen molar-refractivity contribution in [2.45, 2.75) is 11.4 Å². The van der Waals surface area contributed by atoms with E-state index in [1.807, 2.05) is 30.3 Å². The van der Waals surface area contributed by atoms with Crippen molar-refractivity contribution in [1.29, 1.82) is 0 Å². The number of anilines is 1. The molecule has 0 radical (unpaired) electrons. The molecule has 3 aromatic rings. The number of benzene rings is 3. The molecule has 126 valence electrons. The maximum Gasteiger partial charge on any atom is 0.265 e. The van der Waals surface area contributed by atoms with Crippen molar-refractivity contribution in [2.75, 3.05) is 4.31 Å². The molecule has 3 aromatic carbocycles. The first-order chi connectivity index (χ1) is 12.0. The van der Waals surface area contributed by atoms with Crippen LogP contribution in [0, 0.1) is 0 Å². The van der Waals surface area contributed by atoms with Gasteiger partial charge in [0.2, 0.25) is 0 Å². The number of hydrogen-bond acceptors (Lipinski definition) is 4. The number of fused-ring (bicyclic) bond motifs is 3. The Kier molecular flexibility index (Phi) is 3.43. The summed E-state index contributed by atoms with van der Waals surface area (Å²) in [5.41, 5.74) is 2.45. The summed E-state index contributed by atoms with van der Waals surface area (Å²) in [5.74, 6) is -0.113. The SMILES string of the molecule is O=S1(=O)c2cc(O)ccc2-c2ccc(O)cc2N1Cc1ccccc1. The minimum Gasteiger partial charge on any atom is -0.508 e. The van der Waals surface area contributed by atoms with Crippen LogP contribution >= 0.6 is 0 Å². The Morgan fingerprint density at radius 3 is 2.16 bits per heavy atom. The van der Waals surface area contributed by atoms with Crippen LogP contribution in [-0.2, 0) is 16.6 Å². The van der Waals surface area contributed by atoms with E-state index in [9.17, 15) is 18.6 Å². The first-order valence-electron chi connectivity index (χ1n) is 7.70. The summed E-state index contributed by atoms with van der Waals surface area (Å²) in [6, 6.07) is 18.2. The second-order valence-corrected chi connectivity index (χ2v) is 7.71. The molecule has 0 saturated heterocycles. The summed E-state index contributed by atoms with van der Waals surface area (Å²) in [6.45, 7) is 0.134. The Labute approximate surface area is 145 Å². The molecule has 0 fully saturated rings. The van der Waals surface area contributed by atoms with Crippen LogP contribution in [0.25, 0.3) is 11.1 Å². The van der Waals surface area contributed by atoms with Gasteiger partial charge in [-0.2, -0.15) is 0 Å². The van der Waals surface area contributed by atoms with Crippen LogP contribution in [-0.4, -0.2) is 18.6 Å². The van der Waals surface area contributed by atoms with Gasteiger partial charge in [-0.25, -0.2) is 8.42 Å². The highest BCUT2D eigenvalue weighted by molar-refractivity contribution is 7.93. The monoisotopic (exact) mass is 353 g/mol. The van der Waals surface area contributed by atoms with Crippen LogP contribution in [0.4, 0.5) is 5.69 Å². The topological polar surface area (TPSA) is 77.8 Å². The lowest BCUT2D eigenvalue weighted by molar-refractivity contribution is 0.472. The van der Waals surface area contributed by atoms with Gasteiger partial charge in [0.25, 0.3) is 10.0 Å². The molecule has 6 heteroatoms. The molecule has 0 bridgehead atoms. The number of phenolic OH excluding ortho intramolecular Hbond substituents is 2. The number of sulfonamides is 1. The molecule has 1 aliphatic heterocycles. The molecule has 1 aliphatic rings. The quantitative estimate of drug-likeness (QED) is 0.739. The molecule has 0 spiro atoms. The van der Waals surface area contributed by atoms with Gasteiger partial charge in [0.1, 0.15) is 11.5 Å². The van der Waals surface area contributed by atoms with Crippen molar-refractivity contribution in [3.8, 4) is 22.6 Å². The Morgan fingerprint density at radius 1 is 0.800 bits per heavy atom. The predicted molar refractivity (Wildman–Crippen MR) is 95.0 cm³/mol. The number of nitrogens with zero attached hydrogens (tertiary/aromatic N) is 1. The lowest BCUT2D eigenvalue weighted by atomic mass is 10.0. The van der Waals surface area contributed by atoms with Crippen LogP contribution in [0.5, 0.6) is 11.5 Å². The molecule has 0 aromatic heterocycles. The van der Waals surface area contributed by atoms with Crippen molar-refractivity contribution in [1.82, 2.24) is 0 Å². The van der Waals surface area contributed by atoms with Crippen molar-refractivity contribution in [3.05, 3.63) is 72.3 Å². The molecular weight excluding hydrogens is 338 g/mol. The van der Waals surface area contributed by atoms with E-state index in [0.717, 1.165) is 5.56 Å². The van der Waals surface area contributed by atoms with Crippen LogP contribution in [0.2, 0.25) is 0 Å². The van der Waals surface area contributed by atoms with Gasteiger partial charge >= 0.3 is 0 Å². The fourth-order valence-corrected chi connectivity index (χ4v) is 4.76. The third kappa shape index (κ3) is 2.51. The molecule has 1 heterocycles. The highest BCUT2D eigenvalue weighted by Crippen LogP contribution is 2.45. The zero-order chi connectivity index (χ0) is 17.6. The second-order valence-electron chi connectivity index (χ2n) is 5.88. The van der Waals surface area contributed by atoms with E-state index >= 15 is 0 Å². The molecule has 0 saturated carbocycles. The molecule has 0 unspecified atom stereocenters. The Bertz CT molecular complexity index is 1060. The first-order valence-corrected chi connectivity index (χ1v) is 9.14. The smallest absolute Gasteiger partial charge is 0.265 e. The average Bonchev–Trinajstić information content (AvgIpc) is 2.60. The third-order valence-corrected chi connectivity index (χ3v) is 6.04. The highest BCUT2D eigenvalue weighted by Gasteiger charge is 2.35. The second kappa shape index (κ2) is 5.53. The summed E-state index contributed by atoms with van der Waals surface area (Å²) >= 11 is 0. The lowest BCUT2D eigenvalue weighted by Crippen LogP contribution is -2.33. The van der Waals surface area contributed by atoms with E-state index in [0.29, 0.717) is 16.8 Å². The third-order valence-electron chi connectivity index (χ3n) is 4.24. The van der Waals surface area contributed by atoms with E-state index < -0.39 is 10.0 Å². The van der Waals surface area contributed by atoms with Crippen molar-refractivity contribution < 1.29 is 18.6 Å².